The molecule has 0 aliphatic rings. The first kappa shape index (κ1) is 24.8. The Morgan fingerprint density at radius 3 is 2.64 bits per heavy atom. The molecule has 1 amide bonds. The van der Waals surface area contributed by atoms with Crippen LogP contribution < -0.4 is 20.3 Å². The smallest absolute Gasteiger partial charge is 0.416 e. The largest absolute Gasteiger partial charge is 0.497 e. The number of benzene rings is 2. The highest BCUT2D eigenvalue weighted by Crippen LogP contribution is 2.29. The van der Waals surface area contributed by atoms with E-state index in [1.807, 2.05) is 0 Å². The average Bonchev–Trinajstić information content (AvgIpc) is 3.28. The van der Waals surface area contributed by atoms with Crippen LogP contribution in [0.5, 0.6) is 11.5 Å². The highest BCUT2D eigenvalue weighted by Gasteiger charge is 2.30. The number of hydrogen-bond donors (Lipinski definition) is 1. The van der Waals surface area contributed by atoms with Crippen molar-refractivity contribution >= 4 is 16.9 Å². The molecule has 0 aliphatic heterocycles. The minimum atomic E-state index is -4.47. The monoisotopic (exact) mass is 501 g/mol. The Labute approximate surface area is 203 Å². The molecule has 0 bridgehead atoms. The molecular formula is C24H22F3N5O4. The molecule has 0 aliphatic carbocycles. The van der Waals surface area contributed by atoms with Crippen LogP contribution in [0.4, 0.5) is 13.2 Å². The zero-order valence-corrected chi connectivity index (χ0v) is 19.4. The predicted octanol–water partition coefficient (Wildman–Crippen LogP) is 3.11. The van der Waals surface area contributed by atoms with Crippen molar-refractivity contribution < 1.29 is 27.4 Å². The van der Waals surface area contributed by atoms with Gasteiger partial charge in [-0.3, -0.25) is 14.2 Å². The van der Waals surface area contributed by atoms with Crippen molar-refractivity contribution in [2.24, 2.45) is 0 Å². The Bertz CT molecular complexity index is 1460. The van der Waals surface area contributed by atoms with Crippen molar-refractivity contribution in [3.63, 3.8) is 0 Å². The van der Waals surface area contributed by atoms with Gasteiger partial charge in [0.1, 0.15) is 23.2 Å². The number of ether oxygens (including phenoxy) is 2. The standard InChI is InChI=1S/C24H22F3N5O4/c1-35-17-6-7-18(20(11-17)36-2)22(33)28-8-9-32-21-19(12-30-32)23(34)31(14-29-21)13-15-4-3-5-16(10-15)24(25,26)27/h3-7,10-12,14H,8-9,13H2,1-2H3,(H,28,33). The van der Waals surface area contributed by atoms with Crippen LogP contribution in [-0.4, -0.2) is 46.0 Å². The van der Waals surface area contributed by atoms with Crippen LogP contribution in [0.15, 0.2) is 59.8 Å². The number of carbonyl (C=O) groups is 1. The average molecular weight is 501 g/mol. The Morgan fingerprint density at radius 2 is 1.92 bits per heavy atom. The van der Waals surface area contributed by atoms with Gasteiger partial charge >= 0.3 is 6.18 Å². The highest BCUT2D eigenvalue weighted by atomic mass is 19.4. The molecule has 4 rings (SSSR count). The van der Waals surface area contributed by atoms with E-state index in [9.17, 15) is 22.8 Å². The van der Waals surface area contributed by atoms with Gasteiger partial charge in [-0.25, -0.2) is 9.67 Å². The first-order valence-corrected chi connectivity index (χ1v) is 10.8. The lowest BCUT2D eigenvalue weighted by molar-refractivity contribution is -0.137. The predicted molar refractivity (Wildman–Crippen MR) is 124 cm³/mol. The molecule has 9 nitrogen and oxygen atoms in total. The highest BCUT2D eigenvalue weighted by molar-refractivity contribution is 5.97. The number of carbonyl (C=O) groups excluding carboxylic acids is 1. The fraction of sp³-hybridized carbons (Fsp3) is 0.250. The van der Waals surface area contributed by atoms with Crippen LogP contribution in [0.3, 0.4) is 0 Å². The summed E-state index contributed by atoms with van der Waals surface area (Å²) in [7, 11) is 2.96. The molecule has 188 valence electrons. The molecule has 2 aromatic heterocycles. The van der Waals surface area contributed by atoms with Gasteiger partial charge in [0.15, 0.2) is 5.65 Å². The topological polar surface area (TPSA) is 100 Å². The molecule has 0 atom stereocenters. The molecule has 2 heterocycles. The Balaban J connectivity index is 1.46. The summed E-state index contributed by atoms with van der Waals surface area (Å²) >= 11 is 0. The fourth-order valence-corrected chi connectivity index (χ4v) is 3.67. The van der Waals surface area contributed by atoms with Crippen molar-refractivity contribution in [3.05, 3.63) is 82.0 Å². The van der Waals surface area contributed by atoms with Gasteiger partial charge in [-0.15, -0.1) is 0 Å². The van der Waals surface area contributed by atoms with Crippen LogP contribution >= 0.6 is 0 Å². The van der Waals surface area contributed by atoms with Gasteiger partial charge in [-0.1, -0.05) is 12.1 Å². The van der Waals surface area contributed by atoms with E-state index in [0.29, 0.717) is 28.3 Å². The second kappa shape index (κ2) is 10.1. The minimum Gasteiger partial charge on any atom is -0.497 e. The van der Waals surface area contributed by atoms with E-state index in [1.54, 1.807) is 18.2 Å². The zero-order chi connectivity index (χ0) is 25.9. The molecule has 0 saturated heterocycles. The number of aromatic nitrogens is 4. The normalized spacial score (nSPS) is 11.5. The molecule has 1 N–H and O–H groups in total. The second-order valence-electron chi connectivity index (χ2n) is 7.80. The van der Waals surface area contributed by atoms with E-state index in [2.05, 4.69) is 15.4 Å². The Morgan fingerprint density at radius 1 is 1.11 bits per heavy atom. The fourth-order valence-electron chi connectivity index (χ4n) is 3.67. The lowest BCUT2D eigenvalue weighted by Gasteiger charge is -2.11. The van der Waals surface area contributed by atoms with Gasteiger partial charge in [0.2, 0.25) is 0 Å². The third kappa shape index (κ3) is 5.16. The number of methoxy groups -OCH3 is 2. The molecule has 4 aromatic rings. The summed E-state index contributed by atoms with van der Waals surface area (Å²) in [6.45, 7) is 0.355. The van der Waals surface area contributed by atoms with E-state index >= 15 is 0 Å². The van der Waals surface area contributed by atoms with Crippen molar-refractivity contribution in [2.45, 2.75) is 19.3 Å². The summed E-state index contributed by atoms with van der Waals surface area (Å²) < 4.78 is 52.0. The summed E-state index contributed by atoms with van der Waals surface area (Å²) in [4.78, 5) is 29.7. The Hall–Kier alpha value is -4.35. The Kier molecular flexibility index (Phi) is 6.95. The number of fused-ring (bicyclic) bond motifs is 1. The van der Waals surface area contributed by atoms with Crippen molar-refractivity contribution in [1.82, 2.24) is 24.6 Å². The molecule has 12 heteroatoms. The second-order valence-corrected chi connectivity index (χ2v) is 7.80. The van der Waals surface area contributed by atoms with Crippen molar-refractivity contribution in [3.8, 4) is 11.5 Å². The first-order chi connectivity index (χ1) is 17.2. The van der Waals surface area contributed by atoms with Crippen LogP contribution in [0.1, 0.15) is 21.5 Å². The van der Waals surface area contributed by atoms with Gasteiger partial charge < -0.3 is 14.8 Å². The third-order valence-electron chi connectivity index (χ3n) is 5.49. The molecule has 0 unspecified atom stereocenters. The minimum absolute atomic E-state index is 0.0728. The number of alkyl halides is 3. The number of rotatable bonds is 8. The van der Waals surface area contributed by atoms with Crippen LogP contribution in [0, 0.1) is 0 Å². The number of nitrogens with zero attached hydrogens (tertiary/aromatic N) is 4. The van der Waals surface area contributed by atoms with E-state index < -0.39 is 17.3 Å². The molecule has 0 radical (unpaired) electrons. The quantitative estimate of drug-likeness (QED) is 0.398. The van der Waals surface area contributed by atoms with Crippen LogP contribution in [0.25, 0.3) is 11.0 Å². The molecule has 0 spiro atoms. The van der Waals surface area contributed by atoms with Gasteiger partial charge in [0, 0.05) is 12.6 Å². The molecule has 0 saturated carbocycles. The molecular weight excluding hydrogens is 479 g/mol. The first-order valence-electron chi connectivity index (χ1n) is 10.8. The number of amides is 1. The van der Waals surface area contributed by atoms with Crippen LogP contribution in [-0.2, 0) is 19.3 Å². The van der Waals surface area contributed by atoms with E-state index in [4.69, 9.17) is 9.47 Å². The lowest BCUT2D eigenvalue weighted by Crippen LogP contribution is -2.28. The zero-order valence-electron chi connectivity index (χ0n) is 19.4. The van der Waals surface area contributed by atoms with Gasteiger partial charge in [-0.2, -0.15) is 18.3 Å². The maximum atomic E-state index is 13.0. The van der Waals surface area contributed by atoms with E-state index in [1.165, 1.54) is 48.1 Å². The summed E-state index contributed by atoms with van der Waals surface area (Å²) in [5.74, 6) is 0.554. The van der Waals surface area contributed by atoms with Gasteiger partial charge in [-0.05, 0) is 29.8 Å². The SMILES string of the molecule is COc1ccc(C(=O)NCCn2ncc3c(=O)n(Cc4cccc(C(F)(F)F)c4)cnc32)c(OC)c1. The maximum Gasteiger partial charge on any atom is 0.416 e. The summed E-state index contributed by atoms with van der Waals surface area (Å²) in [6, 6.07) is 9.61. The van der Waals surface area contributed by atoms with Crippen molar-refractivity contribution in [2.75, 3.05) is 20.8 Å². The van der Waals surface area contributed by atoms with Crippen molar-refractivity contribution in [1.29, 1.82) is 0 Å². The van der Waals surface area contributed by atoms with E-state index in [-0.39, 0.29) is 30.9 Å². The number of nitrogens with one attached hydrogen (secondary N) is 1. The summed E-state index contributed by atoms with van der Waals surface area (Å²) in [6.07, 6.45) is -1.86. The molecule has 0 fully saturated rings. The molecule has 2 aromatic carbocycles. The molecule has 36 heavy (non-hydrogen) atoms. The number of halogens is 3. The number of hydrogen-bond acceptors (Lipinski definition) is 6. The summed E-state index contributed by atoms with van der Waals surface area (Å²) in [5.41, 5.74) is -0.271. The summed E-state index contributed by atoms with van der Waals surface area (Å²) in [5, 5.41) is 7.16. The van der Waals surface area contributed by atoms with Gasteiger partial charge in [0.25, 0.3) is 11.5 Å². The van der Waals surface area contributed by atoms with E-state index in [0.717, 1.165) is 12.1 Å². The third-order valence-corrected chi connectivity index (χ3v) is 5.49. The van der Waals surface area contributed by atoms with Gasteiger partial charge in [0.05, 0.1) is 44.6 Å². The lowest BCUT2D eigenvalue weighted by atomic mass is 10.1. The maximum absolute atomic E-state index is 13.0. The van der Waals surface area contributed by atoms with Crippen LogP contribution in [0.2, 0.25) is 0 Å².